The zero-order valence-corrected chi connectivity index (χ0v) is 9.99. The highest BCUT2D eigenvalue weighted by Crippen LogP contribution is 2.34. The van der Waals surface area contributed by atoms with Gasteiger partial charge in [-0.15, -0.1) is 0 Å². The number of nitrogens with zero attached hydrogens (tertiary/aromatic N) is 2. The SMILES string of the molecule is Cc1nc(C)c2c(n1)CC1COCCC1C2. The number of fused-ring (bicyclic) bond motifs is 2. The summed E-state index contributed by atoms with van der Waals surface area (Å²) < 4.78 is 5.57. The second-order valence-corrected chi connectivity index (χ2v) is 5.07. The third-order valence-corrected chi connectivity index (χ3v) is 3.96. The normalized spacial score (nSPS) is 28.4. The summed E-state index contributed by atoms with van der Waals surface area (Å²) >= 11 is 0. The maximum absolute atomic E-state index is 5.57. The van der Waals surface area contributed by atoms with Crippen molar-refractivity contribution in [3.05, 3.63) is 22.8 Å². The monoisotopic (exact) mass is 218 g/mol. The molecular weight excluding hydrogens is 200 g/mol. The van der Waals surface area contributed by atoms with Gasteiger partial charge in [-0.2, -0.15) is 0 Å². The standard InChI is InChI=1S/C13H18N2O/c1-8-12-5-10-3-4-16-7-11(10)6-13(12)15-9(2)14-8/h10-11H,3-7H2,1-2H3. The first-order valence-electron chi connectivity index (χ1n) is 6.15. The molecule has 1 saturated heterocycles. The summed E-state index contributed by atoms with van der Waals surface area (Å²) in [7, 11) is 0. The van der Waals surface area contributed by atoms with E-state index in [0.717, 1.165) is 37.8 Å². The fourth-order valence-electron chi connectivity index (χ4n) is 3.09. The summed E-state index contributed by atoms with van der Waals surface area (Å²) in [5, 5.41) is 0. The molecule has 2 heterocycles. The number of ether oxygens (including phenoxy) is 1. The average molecular weight is 218 g/mol. The van der Waals surface area contributed by atoms with E-state index in [1.54, 1.807) is 0 Å². The van der Waals surface area contributed by atoms with Crippen molar-refractivity contribution >= 4 is 0 Å². The van der Waals surface area contributed by atoms with Gasteiger partial charge in [-0.1, -0.05) is 0 Å². The van der Waals surface area contributed by atoms with Gasteiger partial charge >= 0.3 is 0 Å². The molecule has 0 radical (unpaired) electrons. The number of aryl methyl sites for hydroxylation is 2. The van der Waals surface area contributed by atoms with Crippen LogP contribution in [0, 0.1) is 25.7 Å². The van der Waals surface area contributed by atoms with Gasteiger partial charge < -0.3 is 4.74 Å². The van der Waals surface area contributed by atoms with Crippen LogP contribution in [0.4, 0.5) is 0 Å². The highest BCUT2D eigenvalue weighted by atomic mass is 16.5. The van der Waals surface area contributed by atoms with Gasteiger partial charge in [-0.25, -0.2) is 9.97 Å². The second kappa shape index (κ2) is 3.81. The van der Waals surface area contributed by atoms with E-state index in [1.807, 2.05) is 6.92 Å². The summed E-state index contributed by atoms with van der Waals surface area (Å²) in [6.07, 6.45) is 3.46. The van der Waals surface area contributed by atoms with Crippen molar-refractivity contribution in [3.63, 3.8) is 0 Å². The third kappa shape index (κ3) is 1.63. The summed E-state index contributed by atoms with van der Waals surface area (Å²) in [6.45, 7) is 5.96. The Kier molecular flexibility index (Phi) is 2.43. The van der Waals surface area contributed by atoms with Crippen LogP contribution in [-0.4, -0.2) is 23.2 Å². The van der Waals surface area contributed by atoms with Crippen LogP contribution in [-0.2, 0) is 17.6 Å². The lowest BCUT2D eigenvalue weighted by Crippen LogP contribution is -2.35. The molecule has 2 atom stereocenters. The fraction of sp³-hybridized carbons (Fsp3) is 0.692. The van der Waals surface area contributed by atoms with E-state index in [1.165, 1.54) is 23.4 Å². The molecule has 86 valence electrons. The van der Waals surface area contributed by atoms with Crippen LogP contribution < -0.4 is 0 Å². The molecule has 0 N–H and O–H groups in total. The van der Waals surface area contributed by atoms with E-state index in [0.29, 0.717) is 5.92 Å². The smallest absolute Gasteiger partial charge is 0.125 e. The molecule has 3 rings (SSSR count). The number of rotatable bonds is 0. The Bertz CT molecular complexity index is 417. The molecule has 2 aliphatic rings. The van der Waals surface area contributed by atoms with Crippen LogP contribution in [0.5, 0.6) is 0 Å². The first kappa shape index (κ1) is 10.2. The lowest BCUT2D eigenvalue weighted by Gasteiger charge is -2.36. The predicted octanol–water partition coefficient (Wildman–Crippen LogP) is 1.84. The van der Waals surface area contributed by atoms with Gasteiger partial charge in [0.15, 0.2) is 0 Å². The van der Waals surface area contributed by atoms with E-state index < -0.39 is 0 Å². The molecule has 2 unspecified atom stereocenters. The largest absolute Gasteiger partial charge is 0.381 e. The van der Waals surface area contributed by atoms with Crippen molar-refractivity contribution in [3.8, 4) is 0 Å². The second-order valence-electron chi connectivity index (χ2n) is 5.07. The Labute approximate surface area is 96.3 Å². The van der Waals surface area contributed by atoms with Crippen molar-refractivity contribution in [2.45, 2.75) is 33.1 Å². The Hall–Kier alpha value is -0.960. The Morgan fingerprint density at radius 1 is 1.12 bits per heavy atom. The van der Waals surface area contributed by atoms with Crippen molar-refractivity contribution in [2.75, 3.05) is 13.2 Å². The summed E-state index contributed by atoms with van der Waals surface area (Å²) in [5.41, 5.74) is 3.87. The molecule has 0 saturated carbocycles. The predicted molar refractivity (Wildman–Crippen MR) is 61.3 cm³/mol. The van der Waals surface area contributed by atoms with Gasteiger partial charge in [0, 0.05) is 18.0 Å². The molecule has 1 aliphatic carbocycles. The molecule has 0 amide bonds. The van der Waals surface area contributed by atoms with Gasteiger partial charge in [0.2, 0.25) is 0 Å². The van der Waals surface area contributed by atoms with Crippen LogP contribution in [0.25, 0.3) is 0 Å². The molecule has 1 aromatic rings. The van der Waals surface area contributed by atoms with Crippen molar-refractivity contribution in [2.24, 2.45) is 11.8 Å². The number of aromatic nitrogens is 2. The summed E-state index contributed by atoms with van der Waals surface area (Å²) in [6, 6.07) is 0. The van der Waals surface area contributed by atoms with Gasteiger partial charge in [0.1, 0.15) is 5.82 Å². The van der Waals surface area contributed by atoms with Crippen LogP contribution in [0.2, 0.25) is 0 Å². The van der Waals surface area contributed by atoms with Crippen LogP contribution in [0.15, 0.2) is 0 Å². The van der Waals surface area contributed by atoms with E-state index in [4.69, 9.17) is 4.74 Å². The van der Waals surface area contributed by atoms with E-state index in [9.17, 15) is 0 Å². The van der Waals surface area contributed by atoms with Crippen LogP contribution in [0.3, 0.4) is 0 Å². The topological polar surface area (TPSA) is 35.0 Å². The van der Waals surface area contributed by atoms with Crippen molar-refractivity contribution in [1.29, 1.82) is 0 Å². The Balaban J connectivity index is 1.98. The molecule has 1 aromatic heterocycles. The van der Waals surface area contributed by atoms with Crippen molar-refractivity contribution in [1.82, 2.24) is 9.97 Å². The van der Waals surface area contributed by atoms with E-state index in [-0.39, 0.29) is 0 Å². The molecular formula is C13H18N2O. The highest BCUT2D eigenvalue weighted by molar-refractivity contribution is 5.29. The Morgan fingerprint density at radius 2 is 2.00 bits per heavy atom. The fourth-order valence-corrected chi connectivity index (χ4v) is 3.09. The molecule has 3 nitrogen and oxygen atoms in total. The Morgan fingerprint density at radius 3 is 2.88 bits per heavy atom. The first-order valence-corrected chi connectivity index (χ1v) is 6.15. The van der Waals surface area contributed by atoms with Gasteiger partial charge in [-0.05, 0) is 50.5 Å². The summed E-state index contributed by atoms with van der Waals surface area (Å²) in [4.78, 5) is 9.08. The zero-order valence-electron chi connectivity index (χ0n) is 9.99. The maximum atomic E-state index is 5.57. The maximum Gasteiger partial charge on any atom is 0.125 e. The first-order chi connectivity index (χ1) is 7.74. The minimum absolute atomic E-state index is 0.690. The lowest BCUT2D eigenvalue weighted by atomic mass is 9.75. The molecule has 0 aromatic carbocycles. The van der Waals surface area contributed by atoms with Gasteiger partial charge in [0.25, 0.3) is 0 Å². The minimum atomic E-state index is 0.690. The highest BCUT2D eigenvalue weighted by Gasteiger charge is 2.32. The average Bonchev–Trinajstić information content (AvgIpc) is 2.27. The third-order valence-electron chi connectivity index (χ3n) is 3.96. The minimum Gasteiger partial charge on any atom is -0.381 e. The van der Waals surface area contributed by atoms with Crippen molar-refractivity contribution < 1.29 is 4.74 Å². The number of hydrogen-bond acceptors (Lipinski definition) is 3. The van der Waals surface area contributed by atoms with Crippen LogP contribution >= 0.6 is 0 Å². The van der Waals surface area contributed by atoms with Gasteiger partial charge in [0.05, 0.1) is 6.61 Å². The van der Waals surface area contributed by atoms with Crippen LogP contribution in [0.1, 0.15) is 29.2 Å². The molecule has 1 fully saturated rings. The lowest BCUT2D eigenvalue weighted by molar-refractivity contribution is 0.0124. The molecule has 3 heteroatoms. The molecule has 16 heavy (non-hydrogen) atoms. The quantitative estimate of drug-likeness (QED) is 0.666. The van der Waals surface area contributed by atoms with E-state index >= 15 is 0 Å². The van der Waals surface area contributed by atoms with E-state index in [2.05, 4.69) is 16.9 Å². The molecule has 1 aliphatic heterocycles. The summed E-state index contributed by atoms with van der Waals surface area (Å²) in [5.74, 6) is 2.40. The molecule has 0 spiro atoms. The molecule has 0 bridgehead atoms. The number of hydrogen-bond donors (Lipinski definition) is 0. The van der Waals surface area contributed by atoms with Gasteiger partial charge in [-0.3, -0.25) is 0 Å². The zero-order chi connectivity index (χ0) is 11.1.